The van der Waals surface area contributed by atoms with Gasteiger partial charge in [-0.25, -0.2) is 4.79 Å². The lowest BCUT2D eigenvalue weighted by atomic mass is 9.91. The van der Waals surface area contributed by atoms with Crippen molar-refractivity contribution in [2.45, 2.75) is 51.6 Å². The minimum absolute atomic E-state index is 0.274. The highest BCUT2D eigenvalue weighted by Crippen LogP contribution is 2.18. The molecule has 0 aromatic heterocycles. The van der Waals surface area contributed by atoms with Crippen LogP contribution in [0.1, 0.15) is 39.5 Å². The first-order chi connectivity index (χ1) is 7.26. The zero-order valence-electron chi connectivity index (χ0n) is 9.71. The Morgan fingerprint density at radius 2 is 1.80 bits per heavy atom. The van der Waals surface area contributed by atoms with Crippen LogP contribution < -0.4 is 10.6 Å². The van der Waals surface area contributed by atoms with Crippen molar-refractivity contribution in [2.24, 2.45) is 0 Å². The SMILES string of the molecule is CCNC1CCC(NC(=O)OCC)CC1. The highest BCUT2D eigenvalue weighted by atomic mass is 16.5. The average molecular weight is 214 g/mol. The number of rotatable bonds is 4. The highest BCUT2D eigenvalue weighted by molar-refractivity contribution is 5.67. The van der Waals surface area contributed by atoms with E-state index in [9.17, 15) is 4.79 Å². The molecule has 0 aromatic carbocycles. The van der Waals surface area contributed by atoms with Gasteiger partial charge < -0.3 is 15.4 Å². The second-order valence-electron chi connectivity index (χ2n) is 3.97. The molecule has 0 atom stereocenters. The average Bonchev–Trinajstić information content (AvgIpc) is 2.22. The first kappa shape index (κ1) is 12.3. The molecule has 0 heterocycles. The lowest BCUT2D eigenvalue weighted by Gasteiger charge is -2.29. The molecular formula is C11H22N2O2. The van der Waals surface area contributed by atoms with Gasteiger partial charge in [0.2, 0.25) is 0 Å². The molecule has 0 bridgehead atoms. The normalized spacial score (nSPS) is 26.0. The molecule has 1 amide bonds. The number of carbonyl (C=O) groups excluding carboxylic acids is 1. The van der Waals surface area contributed by atoms with Gasteiger partial charge in [-0.2, -0.15) is 0 Å². The van der Waals surface area contributed by atoms with Crippen LogP contribution in [0.5, 0.6) is 0 Å². The highest BCUT2D eigenvalue weighted by Gasteiger charge is 2.21. The van der Waals surface area contributed by atoms with Crippen molar-refractivity contribution in [1.29, 1.82) is 0 Å². The molecule has 15 heavy (non-hydrogen) atoms. The van der Waals surface area contributed by atoms with Crippen LogP contribution in [0.2, 0.25) is 0 Å². The van der Waals surface area contributed by atoms with Gasteiger partial charge in [-0.3, -0.25) is 0 Å². The number of nitrogens with one attached hydrogen (secondary N) is 2. The largest absolute Gasteiger partial charge is 0.450 e. The van der Waals surface area contributed by atoms with Crippen LogP contribution >= 0.6 is 0 Å². The summed E-state index contributed by atoms with van der Waals surface area (Å²) < 4.78 is 4.85. The molecule has 4 nitrogen and oxygen atoms in total. The maximum atomic E-state index is 11.2. The van der Waals surface area contributed by atoms with Crippen molar-refractivity contribution in [2.75, 3.05) is 13.2 Å². The van der Waals surface area contributed by atoms with E-state index in [4.69, 9.17) is 4.74 Å². The molecule has 88 valence electrons. The summed E-state index contributed by atoms with van der Waals surface area (Å²) >= 11 is 0. The second-order valence-corrected chi connectivity index (χ2v) is 3.97. The van der Waals surface area contributed by atoms with Crippen LogP contribution in [-0.2, 0) is 4.74 Å². The molecular weight excluding hydrogens is 192 g/mol. The molecule has 1 aliphatic rings. The molecule has 0 unspecified atom stereocenters. The van der Waals surface area contributed by atoms with Gasteiger partial charge in [0.25, 0.3) is 0 Å². The van der Waals surface area contributed by atoms with Crippen LogP contribution in [0.25, 0.3) is 0 Å². The minimum atomic E-state index is -0.274. The molecule has 4 heteroatoms. The topological polar surface area (TPSA) is 50.4 Å². The molecule has 0 radical (unpaired) electrons. The van der Waals surface area contributed by atoms with Crippen LogP contribution in [-0.4, -0.2) is 31.3 Å². The predicted molar refractivity (Wildman–Crippen MR) is 59.9 cm³/mol. The second kappa shape index (κ2) is 6.67. The Morgan fingerprint density at radius 1 is 1.20 bits per heavy atom. The Bertz CT molecular complexity index is 189. The summed E-state index contributed by atoms with van der Waals surface area (Å²) in [6.07, 6.45) is 4.12. The van der Waals surface area contributed by atoms with Crippen LogP contribution in [0, 0.1) is 0 Å². The summed E-state index contributed by atoms with van der Waals surface area (Å²) in [4.78, 5) is 11.2. The van der Waals surface area contributed by atoms with E-state index in [1.807, 2.05) is 6.92 Å². The molecule has 0 saturated heterocycles. The quantitative estimate of drug-likeness (QED) is 0.748. The summed E-state index contributed by atoms with van der Waals surface area (Å²) in [5, 5.41) is 6.33. The third-order valence-corrected chi connectivity index (χ3v) is 2.82. The minimum Gasteiger partial charge on any atom is -0.450 e. The molecule has 2 N–H and O–H groups in total. The lowest BCUT2D eigenvalue weighted by Crippen LogP contribution is -2.42. The van der Waals surface area contributed by atoms with E-state index >= 15 is 0 Å². The molecule has 1 saturated carbocycles. The number of carbonyl (C=O) groups is 1. The zero-order valence-corrected chi connectivity index (χ0v) is 9.71. The van der Waals surface area contributed by atoms with Gasteiger partial charge in [0.15, 0.2) is 0 Å². The Labute approximate surface area is 91.8 Å². The molecule has 1 aliphatic carbocycles. The monoisotopic (exact) mass is 214 g/mol. The molecule has 0 aliphatic heterocycles. The summed E-state index contributed by atoms with van der Waals surface area (Å²) in [7, 11) is 0. The van der Waals surface area contributed by atoms with Gasteiger partial charge in [-0.1, -0.05) is 6.92 Å². The van der Waals surface area contributed by atoms with Crippen LogP contribution in [0.4, 0.5) is 4.79 Å². The van der Waals surface area contributed by atoms with Crippen molar-refractivity contribution in [3.05, 3.63) is 0 Å². The molecule has 1 fully saturated rings. The number of ether oxygens (including phenoxy) is 1. The van der Waals surface area contributed by atoms with Crippen LogP contribution in [0.15, 0.2) is 0 Å². The predicted octanol–water partition coefficient (Wildman–Crippen LogP) is 1.65. The molecule has 1 rings (SSSR count). The van der Waals surface area contributed by atoms with Crippen molar-refractivity contribution in [1.82, 2.24) is 10.6 Å². The van der Waals surface area contributed by atoms with Gasteiger partial charge in [-0.05, 0) is 39.2 Å². The van der Waals surface area contributed by atoms with Gasteiger partial charge in [0, 0.05) is 12.1 Å². The van der Waals surface area contributed by atoms with Gasteiger partial charge in [0.1, 0.15) is 0 Å². The Morgan fingerprint density at radius 3 is 2.33 bits per heavy atom. The summed E-state index contributed by atoms with van der Waals surface area (Å²) in [5.74, 6) is 0. The first-order valence-corrected chi connectivity index (χ1v) is 5.93. The molecule has 0 aromatic rings. The fourth-order valence-corrected chi connectivity index (χ4v) is 2.07. The fourth-order valence-electron chi connectivity index (χ4n) is 2.07. The summed E-state index contributed by atoms with van der Waals surface area (Å²) in [6.45, 7) is 5.42. The van der Waals surface area contributed by atoms with E-state index < -0.39 is 0 Å². The number of amides is 1. The van der Waals surface area contributed by atoms with E-state index in [0.29, 0.717) is 18.7 Å². The fraction of sp³-hybridized carbons (Fsp3) is 0.909. The van der Waals surface area contributed by atoms with Crippen molar-refractivity contribution < 1.29 is 9.53 Å². The Balaban J connectivity index is 2.16. The van der Waals surface area contributed by atoms with E-state index in [2.05, 4.69) is 17.6 Å². The van der Waals surface area contributed by atoms with E-state index in [-0.39, 0.29) is 6.09 Å². The van der Waals surface area contributed by atoms with Gasteiger partial charge >= 0.3 is 6.09 Å². The summed E-state index contributed by atoms with van der Waals surface area (Å²) in [6, 6.07) is 0.939. The summed E-state index contributed by atoms with van der Waals surface area (Å²) in [5.41, 5.74) is 0. The van der Waals surface area contributed by atoms with E-state index in [1.165, 1.54) is 0 Å². The van der Waals surface area contributed by atoms with Gasteiger partial charge in [-0.15, -0.1) is 0 Å². The van der Waals surface area contributed by atoms with Crippen molar-refractivity contribution in [3.63, 3.8) is 0 Å². The van der Waals surface area contributed by atoms with E-state index in [1.54, 1.807) is 0 Å². The third-order valence-electron chi connectivity index (χ3n) is 2.82. The maximum Gasteiger partial charge on any atom is 0.407 e. The third kappa shape index (κ3) is 4.51. The Kier molecular flexibility index (Phi) is 5.47. The smallest absolute Gasteiger partial charge is 0.407 e. The molecule has 0 spiro atoms. The van der Waals surface area contributed by atoms with Crippen molar-refractivity contribution in [3.8, 4) is 0 Å². The standard InChI is InChI=1S/C11H22N2O2/c1-3-12-9-5-7-10(8-6-9)13-11(14)15-4-2/h9-10,12H,3-8H2,1-2H3,(H,13,14). The number of hydrogen-bond acceptors (Lipinski definition) is 3. The zero-order chi connectivity index (χ0) is 11.1. The number of alkyl carbamates (subject to hydrolysis) is 1. The van der Waals surface area contributed by atoms with Crippen molar-refractivity contribution >= 4 is 6.09 Å². The number of hydrogen-bond donors (Lipinski definition) is 2. The van der Waals surface area contributed by atoms with E-state index in [0.717, 1.165) is 32.2 Å². The lowest BCUT2D eigenvalue weighted by molar-refractivity contribution is 0.144. The van der Waals surface area contributed by atoms with Crippen LogP contribution in [0.3, 0.4) is 0 Å². The van der Waals surface area contributed by atoms with Gasteiger partial charge in [0.05, 0.1) is 6.61 Å². The Hall–Kier alpha value is -0.770. The first-order valence-electron chi connectivity index (χ1n) is 5.93. The maximum absolute atomic E-state index is 11.2.